The number of hydrogen-bond acceptors (Lipinski definition) is 3. The Balaban J connectivity index is 2.91. The first-order valence-electron chi connectivity index (χ1n) is 3.29. The summed E-state index contributed by atoms with van der Waals surface area (Å²) in [6, 6.07) is 1.84. The Morgan fingerprint density at radius 2 is 2.27 bits per heavy atom. The number of nitrogens with zero attached hydrogens (tertiary/aromatic N) is 3. The van der Waals surface area contributed by atoms with Crippen LogP contribution in [0.2, 0.25) is 0 Å². The van der Waals surface area contributed by atoms with E-state index in [2.05, 4.69) is 9.97 Å². The van der Waals surface area contributed by atoms with Gasteiger partial charge in [-0.25, -0.2) is 9.97 Å². The van der Waals surface area contributed by atoms with Crippen LogP contribution in [0.25, 0.3) is 0 Å². The van der Waals surface area contributed by atoms with Gasteiger partial charge in [-0.2, -0.15) is 0 Å². The van der Waals surface area contributed by atoms with Crippen LogP contribution in [0.4, 0.5) is 5.82 Å². The van der Waals surface area contributed by atoms with Crippen LogP contribution >= 0.6 is 11.6 Å². The van der Waals surface area contributed by atoms with E-state index in [1.165, 1.54) is 0 Å². The summed E-state index contributed by atoms with van der Waals surface area (Å²) >= 11 is 5.56. The third kappa shape index (κ3) is 2.05. The minimum absolute atomic E-state index is 0.363. The van der Waals surface area contributed by atoms with E-state index in [0.717, 1.165) is 5.82 Å². The Kier molecular flexibility index (Phi) is 2.65. The van der Waals surface area contributed by atoms with E-state index in [1.807, 2.05) is 25.1 Å². The maximum Gasteiger partial charge on any atom is 0.145 e. The summed E-state index contributed by atoms with van der Waals surface area (Å²) in [7, 11) is 3.86. The van der Waals surface area contributed by atoms with Gasteiger partial charge in [0.15, 0.2) is 0 Å². The summed E-state index contributed by atoms with van der Waals surface area (Å²) in [6.07, 6.45) is 1.71. The number of rotatable bonds is 2. The molecule has 11 heavy (non-hydrogen) atoms. The van der Waals surface area contributed by atoms with Crippen LogP contribution in [0.5, 0.6) is 0 Å². The van der Waals surface area contributed by atoms with Crippen LogP contribution < -0.4 is 4.90 Å². The van der Waals surface area contributed by atoms with E-state index in [-0.39, 0.29) is 0 Å². The molecule has 0 atom stereocenters. The molecule has 0 N–H and O–H groups in total. The molecule has 1 rings (SSSR count). The Morgan fingerprint density at radius 1 is 1.55 bits per heavy atom. The van der Waals surface area contributed by atoms with Crippen LogP contribution in [0.15, 0.2) is 12.3 Å². The Labute approximate surface area is 71.0 Å². The molecule has 60 valence electrons. The normalized spacial score (nSPS) is 9.73. The van der Waals surface area contributed by atoms with Crippen molar-refractivity contribution >= 4 is 17.4 Å². The van der Waals surface area contributed by atoms with Crippen molar-refractivity contribution < 1.29 is 0 Å². The summed E-state index contributed by atoms with van der Waals surface area (Å²) in [5, 5.41) is 0. The SMILES string of the molecule is CN(C)c1ccnc(CCl)n1. The third-order valence-electron chi connectivity index (χ3n) is 1.27. The van der Waals surface area contributed by atoms with E-state index in [0.29, 0.717) is 11.7 Å². The molecule has 1 heterocycles. The highest BCUT2D eigenvalue weighted by atomic mass is 35.5. The van der Waals surface area contributed by atoms with Crippen LogP contribution in [-0.4, -0.2) is 24.1 Å². The molecule has 0 aliphatic carbocycles. The van der Waals surface area contributed by atoms with Gasteiger partial charge >= 0.3 is 0 Å². The Hall–Kier alpha value is -0.830. The lowest BCUT2D eigenvalue weighted by atomic mass is 10.5. The third-order valence-corrected chi connectivity index (χ3v) is 1.51. The van der Waals surface area contributed by atoms with Gasteiger partial charge in [-0.05, 0) is 6.07 Å². The molecular weight excluding hydrogens is 162 g/mol. The van der Waals surface area contributed by atoms with E-state index >= 15 is 0 Å². The second kappa shape index (κ2) is 3.53. The molecule has 1 aromatic rings. The number of anilines is 1. The highest BCUT2D eigenvalue weighted by Crippen LogP contribution is 2.06. The van der Waals surface area contributed by atoms with Crippen molar-refractivity contribution in [2.45, 2.75) is 5.88 Å². The molecule has 0 spiro atoms. The Bertz CT molecular complexity index is 237. The minimum atomic E-state index is 0.363. The molecule has 0 radical (unpaired) electrons. The van der Waals surface area contributed by atoms with Gasteiger partial charge < -0.3 is 4.90 Å². The van der Waals surface area contributed by atoms with Crippen molar-refractivity contribution in [3.05, 3.63) is 18.1 Å². The standard InChI is InChI=1S/C7H10ClN3/c1-11(2)7-3-4-9-6(5-8)10-7/h3-4H,5H2,1-2H3. The predicted octanol–water partition coefficient (Wildman–Crippen LogP) is 1.28. The fourth-order valence-corrected chi connectivity index (χ4v) is 0.831. The topological polar surface area (TPSA) is 29.0 Å². The largest absolute Gasteiger partial charge is 0.363 e. The Morgan fingerprint density at radius 3 is 2.82 bits per heavy atom. The number of halogens is 1. The number of alkyl halides is 1. The zero-order valence-corrected chi connectivity index (χ0v) is 7.34. The average molecular weight is 172 g/mol. The zero-order chi connectivity index (χ0) is 8.27. The molecule has 0 amide bonds. The predicted molar refractivity (Wildman–Crippen MR) is 45.9 cm³/mol. The molecule has 0 bridgehead atoms. The van der Waals surface area contributed by atoms with E-state index in [4.69, 9.17) is 11.6 Å². The summed E-state index contributed by atoms with van der Waals surface area (Å²) < 4.78 is 0. The molecule has 1 aromatic heterocycles. The van der Waals surface area contributed by atoms with Gasteiger partial charge in [-0.15, -0.1) is 11.6 Å². The van der Waals surface area contributed by atoms with Gasteiger partial charge in [0.1, 0.15) is 11.6 Å². The van der Waals surface area contributed by atoms with E-state index in [9.17, 15) is 0 Å². The van der Waals surface area contributed by atoms with Gasteiger partial charge in [0.05, 0.1) is 5.88 Å². The van der Waals surface area contributed by atoms with Crippen LogP contribution in [0, 0.1) is 0 Å². The van der Waals surface area contributed by atoms with Crippen LogP contribution in [-0.2, 0) is 5.88 Å². The van der Waals surface area contributed by atoms with E-state index < -0.39 is 0 Å². The summed E-state index contributed by atoms with van der Waals surface area (Å²) in [5.74, 6) is 1.91. The van der Waals surface area contributed by atoms with Crippen LogP contribution in [0.3, 0.4) is 0 Å². The van der Waals surface area contributed by atoms with Gasteiger partial charge in [0.25, 0.3) is 0 Å². The molecule has 0 aliphatic rings. The number of hydrogen-bond donors (Lipinski definition) is 0. The van der Waals surface area contributed by atoms with Gasteiger partial charge in [-0.3, -0.25) is 0 Å². The van der Waals surface area contributed by atoms with Crippen molar-refractivity contribution in [1.82, 2.24) is 9.97 Å². The molecule has 3 nitrogen and oxygen atoms in total. The van der Waals surface area contributed by atoms with Gasteiger partial charge in [-0.1, -0.05) is 0 Å². The average Bonchev–Trinajstić information content (AvgIpc) is 2.05. The minimum Gasteiger partial charge on any atom is -0.363 e. The molecule has 0 saturated heterocycles. The molecular formula is C7H10ClN3. The molecule has 4 heteroatoms. The second-order valence-corrected chi connectivity index (χ2v) is 2.63. The first-order chi connectivity index (χ1) is 5.24. The van der Waals surface area contributed by atoms with Gasteiger partial charge in [0, 0.05) is 20.3 Å². The van der Waals surface area contributed by atoms with Gasteiger partial charge in [0.2, 0.25) is 0 Å². The summed E-state index contributed by atoms with van der Waals surface area (Å²) in [6.45, 7) is 0. The van der Waals surface area contributed by atoms with Crippen molar-refractivity contribution in [3.8, 4) is 0 Å². The second-order valence-electron chi connectivity index (χ2n) is 2.36. The molecule has 0 aromatic carbocycles. The first-order valence-corrected chi connectivity index (χ1v) is 3.82. The zero-order valence-electron chi connectivity index (χ0n) is 6.58. The highest BCUT2D eigenvalue weighted by molar-refractivity contribution is 6.16. The maximum atomic E-state index is 5.56. The van der Waals surface area contributed by atoms with Crippen molar-refractivity contribution in [1.29, 1.82) is 0 Å². The summed E-state index contributed by atoms with van der Waals surface area (Å²) in [5.41, 5.74) is 0. The lowest BCUT2D eigenvalue weighted by Gasteiger charge is -2.10. The fourth-order valence-electron chi connectivity index (χ4n) is 0.702. The lowest BCUT2D eigenvalue weighted by Crippen LogP contribution is -2.11. The quantitative estimate of drug-likeness (QED) is 0.628. The maximum absolute atomic E-state index is 5.56. The molecule has 0 aliphatic heterocycles. The van der Waals surface area contributed by atoms with E-state index in [1.54, 1.807) is 6.20 Å². The fraction of sp³-hybridized carbons (Fsp3) is 0.429. The van der Waals surface area contributed by atoms with Crippen molar-refractivity contribution in [3.63, 3.8) is 0 Å². The molecule has 0 fully saturated rings. The molecule has 0 unspecified atom stereocenters. The van der Waals surface area contributed by atoms with Crippen LogP contribution in [0.1, 0.15) is 5.82 Å². The van der Waals surface area contributed by atoms with Crippen molar-refractivity contribution in [2.24, 2.45) is 0 Å². The lowest BCUT2D eigenvalue weighted by molar-refractivity contribution is 0.975. The first kappa shape index (κ1) is 8.27. The molecule has 0 saturated carbocycles. The van der Waals surface area contributed by atoms with Crippen molar-refractivity contribution in [2.75, 3.05) is 19.0 Å². The highest BCUT2D eigenvalue weighted by Gasteiger charge is 1.97. The smallest absolute Gasteiger partial charge is 0.145 e. The summed E-state index contributed by atoms with van der Waals surface area (Å²) in [4.78, 5) is 10.1. The number of aromatic nitrogens is 2. The monoisotopic (exact) mass is 171 g/mol.